The van der Waals surface area contributed by atoms with Gasteiger partial charge in [-0.3, -0.25) is 4.79 Å². The van der Waals surface area contributed by atoms with Crippen LogP contribution in [0.25, 0.3) is 0 Å². The number of aliphatic carboxylic acids is 1. The van der Waals surface area contributed by atoms with Gasteiger partial charge in [-0.05, 0) is 43.4 Å². The molecule has 3 N–H and O–H groups in total. The van der Waals surface area contributed by atoms with Crippen molar-refractivity contribution < 1.29 is 9.90 Å². The second-order valence-corrected chi connectivity index (χ2v) is 4.12. The molecule has 0 amide bonds. The number of carboxylic acid groups (broad SMARTS) is 1. The maximum absolute atomic E-state index is 10.7. The van der Waals surface area contributed by atoms with Crippen LogP contribution < -0.4 is 5.73 Å². The van der Waals surface area contributed by atoms with Crippen molar-refractivity contribution in [3.63, 3.8) is 0 Å². The van der Waals surface area contributed by atoms with Gasteiger partial charge in [0.1, 0.15) is 6.04 Å². The summed E-state index contributed by atoms with van der Waals surface area (Å²) in [7, 11) is 0. The Balaban J connectivity index is 0.000000845. The molecule has 3 nitrogen and oxygen atoms in total. The van der Waals surface area contributed by atoms with E-state index in [9.17, 15) is 4.79 Å². The molecule has 2 rings (SSSR count). The third-order valence-corrected chi connectivity index (χ3v) is 3.03. The van der Waals surface area contributed by atoms with Crippen LogP contribution in [-0.2, 0) is 4.79 Å². The molecule has 0 aromatic carbocycles. The monoisotopic (exact) mass is 205 g/mol. The molecule has 0 spiro atoms. The Hall–Kier alpha value is -0.280. The Morgan fingerprint density at radius 1 is 1.23 bits per heavy atom. The Morgan fingerprint density at radius 2 is 1.62 bits per heavy atom. The first-order valence-electron chi connectivity index (χ1n) is 4.68. The van der Waals surface area contributed by atoms with Crippen LogP contribution in [0.5, 0.6) is 0 Å². The van der Waals surface area contributed by atoms with E-state index in [-0.39, 0.29) is 18.3 Å². The molecule has 0 bridgehead atoms. The number of hydrogen-bond donors (Lipinski definition) is 2. The van der Waals surface area contributed by atoms with E-state index in [0.717, 1.165) is 0 Å². The van der Waals surface area contributed by atoms with Gasteiger partial charge in [0.2, 0.25) is 0 Å². The minimum atomic E-state index is -0.821. The zero-order valence-corrected chi connectivity index (χ0v) is 8.30. The molecule has 13 heavy (non-hydrogen) atoms. The standard InChI is InChI=1S/C9H15NO2.ClH/c10-8(9(11)12)7(5-1-2-5)6-3-4-6;/h5-8H,1-4,10H2,(H,11,12);1H. The Labute approximate surface area is 84.1 Å². The number of rotatable bonds is 4. The molecule has 1 unspecified atom stereocenters. The van der Waals surface area contributed by atoms with Gasteiger partial charge in [0, 0.05) is 0 Å². The van der Waals surface area contributed by atoms with Gasteiger partial charge in [0.15, 0.2) is 0 Å². The Kier molecular flexibility index (Phi) is 3.19. The van der Waals surface area contributed by atoms with E-state index < -0.39 is 12.0 Å². The predicted molar refractivity (Wildman–Crippen MR) is 51.8 cm³/mol. The van der Waals surface area contributed by atoms with Gasteiger partial charge in [-0.2, -0.15) is 0 Å². The van der Waals surface area contributed by atoms with Gasteiger partial charge < -0.3 is 10.8 Å². The van der Waals surface area contributed by atoms with Gasteiger partial charge >= 0.3 is 5.97 Å². The lowest BCUT2D eigenvalue weighted by molar-refractivity contribution is -0.140. The van der Waals surface area contributed by atoms with Gasteiger partial charge in [0.05, 0.1) is 0 Å². The number of hydrogen-bond acceptors (Lipinski definition) is 2. The summed E-state index contributed by atoms with van der Waals surface area (Å²) in [6.07, 6.45) is 4.79. The Morgan fingerprint density at radius 3 is 1.85 bits per heavy atom. The minimum Gasteiger partial charge on any atom is -0.480 e. The van der Waals surface area contributed by atoms with Crippen LogP contribution in [0.15, 0.2) is 0 Å². The summed E-state index contributed by atoms with van der Waals surface area (Å²) in [6.45, 7) is 0. The van der Waals surface area contributed by atoms with Crippen LogP contribution in [-0.4, -0.2) is 17.1 Å². The van der Waals surface area contributed by atoms with E-state index in [1.165, 1.54) is 25.7 Å². The maximum Gasteiger partial charge on any atom is 0.320 e. The van der Waals surface area contributed by atoms with E-state index in [1.807, 2.05) is 0 Å². The molecule has 0 aliphatic heterocycles. The summed E-state index contributed by atoms with van der Waals surface area (Å²) in [5.41, 5.74) is 5.64. The van der Waals surface area contributed by atoms with E-state index in [4.69, 9.17) is 10.8 Å². The van der Waals surface area contributed by atoms with Crippen molar-refractivity contribution in [3.8, 4) is 0 Å². The molecule has 0 aromatic rings. The van der Waals surface area contributed by atoms with Gasteiger partial charge in [-0.15, -0.1) is 12.4 Å². The summed E-state index contributed by atoms with van der Waals surface area (Å²) in [5.74, 6) is 0.716. The largest absolute Gasteiger partial charge is 0.480 e. The van der Waals surface area contributed by atoms with Crippen LogP contribution >= 0.6 is 12.4 Å². The Bertz CT molecular complexity index is 190. The van der Waals surface area contributed by atoms with Gasteiger partial charge in [0.25, 0.3) is 0 Å². The summed E-state index contributed by atoms with van der Waals surface area (Å²) in [6, 6.07) is -0.606. The topological polar surface area (TPSA) is 63.3 Å². The summed E-state index contributed by atoms with van der Waals surface area (Å²) >= 11 is 0. The smallest absolute Gasteiger partial charge is 0.320 e. The lowest BCUT2D eigenvalue weighted by Crippen LogP contribution is -2.40. The highest BCUT2D eigenvalue weighted by Crippen LogP contribution is 2.50. The second-order valence-electron chi connectivity index (χ2n) is 4.12. The molecule has 4 heteroatoms. The first-order valence-corrected chi connectivity index (χ1v) is 4.68. The molecule has 2 fully saturated rings. The van der Waals surface area contributed by atoms with Crippen LogP contribution in [0.4, 0.5) is 0 Å². The molecule has 2 saturated carbocycles. The molecule has 0 radical (unpaired) electrons. The van der Waals surface area contributed by atoms with Crippen LogP contribution in [0.3, 0.4) is 0 Å². The fourth-order valence-corrected chi connectivity index (χ4v) is 2.10. The van der Waals surface area contributed by atoms with Gasteiger partial charge in [-0.1, -0.05) is 0 Å². The zero-order valence-electron chi connectivity index (χ0n) is 7.48. The number of nitrogens with two attached hydrogens (primary N) is 1. The zero-order chi connectivity index (χ0) is 8.72. The normalized spacial score (nSPS) is 23.8. The molecule has 0 heterocycles. The quantitative estimate of drug-likeness (QED) is 0.726. The molecule has 1 atom stereocenters. The fourth-order valence-electron chi connectivity index (χ4n) is 2.10. The lowest BCUT2D eigenvalue weighted by atomic mass is 9.90. The first-order chi connectivity index (χ1) is 5.70. The first kappa shape index (κ1) is 10.8. The van der Waals surface area contributed by atoms with Gasteiger partial charge in [-0.25, -0.2) is 0 Å². The fraction of sp³-hybridized carbons (Fsp3) is 0.889. The maximum atomic E-state index is 10.7. The van der Waals surface area contributed by atoms with Crippen molar-refractivity contribution in [3.05, 3.63) is 0 Å². The number of carboxylic acids is 1. The third kappa shape index (κ3) is 2.35. The lowest BCUT2D eigenvalue weighted by Gasteiger charge is -2.19. The van der Waals surface area contributed by atoms with E-state index in [2.05, 4.69) is 0 Å². The molecule has 0 aromatic heterocycles. The van der Waals surface area contributed by atoms with Crippen molar-refractivity contribution in [2.75, 3.05) is 0 Å². The summed E-state index contributed by atoms with van der Waals surface area (Å²) in [5, 5.41) is 8.78. The minimum absolute atomic E-state index is 0. The highest BCUT2D eigenvalue weighted by molar-refractivity contribution is 5.85. The molecule has 76 valence electrons. The van der Waals surface area contributed by atoms with Crippen molar-refractivity contribution in [1.82, 2.24) is 0 Å². The SMILES string of the molecule is Cl.NC(C(=O)O)C(C1CC1)C1CC1. The average molecular weight is 206 g/mol. The van der Waals surface area contributed by atoms with E-state index in [1.54, 1.807) is 0 Å². The van der Waals surface area contributed by atoms with Crippen molar-refractivity contribution in [1.29, 1.82) is 0 Å². The predicted octanol–water partition coefficient (Wildman–Crippen LogP) is 1.26. The molecular formula is C9H16ClNO2. The van der Waals surface area contributed by atoms with Crippen molar-refractivity contribution >= 4 is 18.4 Å². The molecule has 2 aliphatic carbocycles. The van der Waals surface area contributed by atoms with E-state index >= 15 is 0 Å². The second kappa shape index (κ2) is 3.84. The highest BCUT2D eigenvalue weighted by atomic mass is 35.5. The molecular weight excluding hydrogens is 190 g/mol. The third-order valence-electron chi connectivity index (χ3n) is 3.03. The summed E-state index contributed by atoms with van der Waals surface area (Å²) < 4.78 is 0. The average Bonchev–Trinajstić information content (AvgIpc) is 2.81. The van der Waals surface area contributed by atoms with Crippen LogP contribution in [0.1, 0.15) is 25.7 Å². The van der Waals surface area contributed by atoms with E-state index in [0.29, 0.717) is 11.8 Å². The van der Waals surface area contributed by atoms with Crippen molar-refractivity contribution in [2.24, 2.45) is 23.5 Å². The summed E-state index contributed by atoms with van der Waals surface area (Å²) in [4.78, 5) is 10.7. The van der Waals surface area contributed by atoms with Crippen LogP contribution in [0, 0.1) is 17.8 Å². The number of halogens is 1. The van der Waals surface area contributed by atoms with Crippen molar-refractivity contribution in [2.45, 2.75) is 31.7 Å². The molecule has 0 saturated heterocycles. The molecule has 2 aliphatic rings. The number of carbonyl (C=O) groups is 1. The van der Waals surface area contributed by atoms with Crippen LogP contribution in [0.2, 0.25) is 0 Å². The highest BCUT2D eigenvalue weighted by Gasteiger charge is 2.46.